The third-order valence-electron chi connectivity index (χ3n) is 5.05. The second-order valence-electron chi connectivity index (χ2n) is 7.15. The molecule has 4 rings (SSSR count). The van der Waals surface area contributed by atoms with E-state index in [1.165, 1.54) is 0 Å². The maximum atomic E-state index is 12.8. The first-order valence-electron chi connectivity index (χ1n) is 10.2. The second kappa shape index (κ2) is 9.54. The van der Waals surface area contributed by atoms with E-state index < -0.39 is 5.91 Å². The molecule has 2 amide bonds. The minimum Gasteiger partial charge on any atom is -0.351 e. The molecule has 0 saturated carbocycles. The van der Waals surface area contributed by atoms with E-state index in [0.717, 1.165) is 5.56 Å². The molecular formula is C26H20N4O2. The third-order valence-corrected chi connectivity index (χ3v) is 5.05. The van der Waals surface area contributed by atoms with Crippen molar-refractivity contribution in [2.75, 3.05) is 6.54 Å². The van der Waals surface area contributed by atoms with Gasteiger partial charge in [-0.3, -0.25) is 9.59 Å². The number of carbonyl (C=O) groups excluding carboxylic acids is 2. The van der Waals surface area contributed by atoms with E-state index in [0.29, 0.717) is 35.5 Å². The molecule has 2 N–H and O–H groups in total. The molecule has 0 radical (unpaired) electrons. The van der Waals surface area contributed by atoms with Crippen molar-refractivity contribution in [3.05, 3.63) is 113 Å². The number of rotatable bonds is 5. The third kappa shape index (κ3) is 4.47. The van der Waals surface area contributed by atoms with Gasteiger partial charge in [0.25, 0.3) is 11.8 Å². The van der Waals surface area contributed by atoms with Crippen LogP contribution < -0.4 is 10.6 Å². The van der Waals surface area contributed by atoms with Crippen LogP contribution in [0, 0.1) is 11.3 Å². The molecule has 0 aliphatic carbocycles. The lowest BCUT2D eigenvalue weighted by atomic mass is 10.0. The van der Waals surface area contributed by atoms with Crippen molar-refractivity contribution in [1.29, 1.82) is 5.26 Å². The Labute approximate surface area is 185 Å². The Kier molecular flexibility index (Phi) is 6.19. The molecule has 0 bridgehead atoms. The van der Waals surface area contributed by atoms with E-state index in [4.69, 9.17) is 0 Å². The number of hydrogen-bond donors (Lipinski definition) is 2. The summed E-state index contributed by atoms with van der Waals surface area (Å²) in [5.74, 6) is -0.492. The molecule has 0 saturated heterocycles. The van der Waals surface area contributed by atoms with Gasteiger partial charge < -0.3 is 10.6 Å². The molecule has 0 atom stereocenters. The summed E-state index contributed by atoms with van der Waals surface area (Å²) in [6, 6.07) is 27.8. The van der Waals surface area contributed by atoms with Crippen molar-refractivity contribution in [3.8, 4) is 6.07 Å². The summed E-state index contributed by atoms with van der Waals surface area (Å²) in [7, 11) is 0. The Balaban J connectivity index is 1.57. The number of nitrogens with zero attached hydrogens (tertiary/aromatic N) is 2. The van der Waals surface area contributed by atoms with Crippen LogP contribution in [0.15, 0.2) is 95.5 Å². The summed E-state index contributed by atoms with van der Waals surface area (Å²) in [5, 5.41) is 15.3. The standard InChI is InChI=1S/C26H20N4O2/c27-17-22(26(32)28-16-15-18-9-3-1-4-10-18)23-20-13-7-8-14-21(20)24(29-23)30-25(31)19-11-5-2-6-12-19/h1-14H,15-16H2,(H,28,32)(H,29,30,31)/b23-22+. The van der Waals surface area contributed by atoms with Crippen LogP contribution in [0.5, 0.6) is 0 Å². The van der Waals surface area contributed by atoms with Crippen LogP contribution in [-0.4, -0.2) is 24.2 Å². The summed E-state index contributed by atoms with van der Waals surface area (Å²) in [6.07, 6.45) is 0.652. The lowest BCUT2D eigenvalue weighted by Gasteiger charge is -2.06. The Hall–Kier alpha value is -4.50. The molecule has 6 nitrogen and oxygen atoms in total. The fraction of sp³-hybridized carbons (Fsp3) is 0.0769. The van der Waals surface area contributed by atoms with Crippen LogP contribution in [0.1, 0.15) is 27.0 Å². The molecule has 3 aromatic rings. The van der Waals surface area contributed by atoms with E-state index in [1.807, 2.05) is 48.5 Å². The molecule has 0 fully saturated rings. The first kappa shape index (κ1) is 20.8. The smallest absolute Gasteiger partial charge is 0.264 e. The van der Waals surface area contributed by atoms with Gasteiger partial charge in [-0.15, -0.1) is 0 Å². The second-order valence-corrected chi connectivity index (χ2v) is 7.15. The molecule has 6 heteroatoms. The summed E-state index contributed by atoms with van der Waals surface area (Å²) in [5.41, 5.74) is 3.04. The SMILES string of the molecule is N#C/C(C(=O)NCCc1ccccc1)=C1\N=C(NC(=O)c2ccccc2)c2ccccc21. The normalized spacial score (nSPS) is 13.4. The van der Waals surface area contributed by atoms with Gasteiger partial charge in [-0.05, 0) is 24.1 Å². The van der Waals surface area contributed by atoms with Gasteiger partial charge in [0.2, 0.25) is 0 Å². The van der Waals surface area contributed by atoms with Crippen molar-refractivity contribution in [2.24, 2.45) is 4.99 Å². The number of benzene rings is 3. The Morgan fingerprint density at radius 2 is 1.47 bits per heavy atom. The van der Waals surface area contributed by atoms with Crippen LogP contribution in [0.25, 0.3) is 5.70 Å². The van der Waals surface area contributed by atoms with E-state index in [-0.39, 0.29) is 17.2 Å². The van der Waals surface area contributed by atoms with Gasteiger partial charge in [0.15, 0.2) is 0 Å². The molecule has 1 aliphatic heterocycles. The van der Waals surface area contributed by atoms with Crippen LogP contribution in [0.4, 0.5) is 0 Å². The molecule has 1 heterocycles. The van der Waals surface area contributed by atoms with Gasteiger partial charge >= 0.3 is 0 Å². The highest BCUT2D eigenvalue weighted by Gasteiger charge is 2.27. The Bertz CT molecular complexity index is 1260. The minimum atomic E-state index is -0.493. The van der Waals surface area contributed by atoms with Crippen molar-refractivity contribution < 1.29 is 9.59 Å². The predicted octanol–water partition coefficient (Wildman–Crippen LogP) is 3.47. The first-order chi connectivity index (χ1) is 15.7. The zero-order valence-electron chi connectivity index (χ0n) is 17.2. The molecule has 0 spiro atoms. The largest absolute Gasteiger partial charge is 0.351 e. The zero-order chi connectivity index (χ0) is 22.3. The average molecular weight is 420 g/mol. The molecule has 156 valence electrons. The first-order valence-corrected chi connectivity index (χ1v) is 10.2. The summed E-state index contributed by atoms with van der Waals surface area (Å²) in [4.78, 5) is 29.8. The van der Waals surface area contributed by atoms with Gasteiger partial charge in [0.1, 0.15) is 17.5 Å². The van der Waals surface area contributed by atoms with Crippen molar-refractivity contribution >= 4 is 23.3 Å². The van der Waals surface area contributed by atoms with Crippen molar-refractivity contribution in [1.82, 2.24) is 10.6 Å². The fourth-order valence-electron chi connectivity index (χ4n) is 3.45. The van der Waals surface area contributed by atoms with E-state index in [1.54, 1.807) is 42.5 Å². The maximum Gasteiger partial charge on any atom is 0.264 e. The number of carbonyl (C=O) groups is 2. The van der Waals surface area contributed by atoms with E-state index in [2.05, 4.69) is 15.6 Å². The van der Waals surface area contributed by atoms with Crippen LogP contribution in [0.2, 0.25) is 0 Å². The van der Waals surface area contributed by atoms with Gasteiger partial charge in [-0.2, -0.15) is 5.26 Å². The molecule has 3 aromatic carbocycles. The summed E-state index contributed by atoms with van der Waals surface area (Å²) >= 11 is 0. The highest BCUT2D eigenvalue weighted by Crippen LogP contribution is 2.30. The van der Waals surface area contributed by atoms with E-state index >= 15 is 0 Å². The fourth-order valence-corrected chi connectivity index (χ4v) is 3.45. The molecule has 0 unspecified atom stereocenters. The van der Waals surface area contributed by atoms with Crippen LogP contribution in [-0.2, 0) is 11.2 Å². The quantitative estimate of drug-likeness (QED) is 0.489. The van der Waals surface area contributed by atoms with Gasteiger partial charge in [-0.25, -0.2) is 4.99 Å². The summed E-state index contributed by atoms with van der Waals surface area (Å²) in [6.45, 7) is 0.393. The molecule has 32 heavy (non-hydrogen) atoms. The lowest BCUT2D eigenvalue weighted by molar-refractivity contribution is -0.117. The number of nitrogens with one attached hydrogen (secondary N) is 2. The predicted molar refractivity (Wildman–Crippen MR) is 123 cm³/mol. The average Bonchev–Trinajstić information content (AvgIpc) is 3.19. The van der Waals surface area contributed by atoms with E-state index in [9.17, 15) is 14.9 Å². The maximum absolute atomic E-state index is 12.8. The number of hydrogen-bond acceptors (Lipinski definition) is 4. The van der Waals surface area contributed by atoms with Crippen LogP contribution >= 0.6 is 0 Å². The van der Waals surface area contributed by atoms with Gasteiger partial charge in [0.05, 0.1) is 5.70 Å². The molecule has 1 aliphatic rings. The highest BCUT2D eigenvalue weighted by molar-refractivity contribution is 6.20. The number of nitriles is 1. The number of amides is 2. The van der Waals surface area contributed by atoms with Crippen molar-refractivity contribution in [2.45, 2.75) is 6.42 Å². The number of aliphatic imine (C=N–C) groups is 1. The topological polar surface area (TPSA) is 94.3 Å². The minimum absolute atomic E-state index is 0.0885. The zero-order valence-corrected chi connectivity index (χ0v) is 17.2. The Morgan fingerprint density at radius 3 is 2.16 bits per heavy atom. The monoisotopic (exact) mass is 420 g/mol. The van der Waals surface area contributed by atoms with Gasteiger partial charge in [-0.1, -0.05) is 72.8 Å². The lowest BCUT2D eigenvalue weighted by Crippen LogP contribution is -2.30. The number of amidine groups is 1. The summed E-state index contributed by atoms with van der Waals surface area (Å²) < 4.78 is 0. The molecule has 0 aromatic heterocycles. The highest BCUT2D eigenvalue weighted by atomic mass is 16.2. The molecular weight excluding hydrogens is 400 g/mol. The van der Waals surface area contributed by atoms with Gasteiger partial charge in [0, 0.05) is 23.2 Å². The van der Waals surface area contributed by atoms with Crippen LogP contribution in [0.3, 0.4) is 0 Å². The van der Waals surface area contributed by atoms with Crippen molar-refractivity contribution in [3.63, 3.8) is 0 Å². The number of fused-ring (bicyclic) bond motifs is 1. The Morgan fingerprint density at radius 1 is 0.844 bits per heavy atom.